The zero-order chi connectivity index (χ0) is 14.8. The van der Waals surface area contributed by atoms with Crippen molar-refractivity contribution in [2.75, 3.05) is 17.6 Å². The summed E-state index contributed by atoms with van der Waals surface area (Å²) in [5, 5.41) is 0. The highest BCUT2D eigenvalue weighted by Gasteiger charge is 2.15. The first-order valence-corrected chi connectivity index (χ1v) is 7.92. The van der Waals surface area contributed by atoms with Crippen LogP contribution in [0.3, 0.4) is 0 Å². The van der Waals surface area contributed by atoms with Crippen LogP contribution in [-0.2, 0) is 10.0 Å². The second kappa shape index (κ2) is 5.72. The van der Waals surface area contributed by atoms with Gasteiger partial charge in [0.15, 0.2) is 0 Å². The van der Waals surface area contributed by atoms with Crippen LogP contribution in [0.5, 0.6) is 5.75 Å². The molecule has 3 N–H and O–H groups in total. The smallest absolute Gasteiger partial charge is 0.261 e. The second-order valence-electron chi connectivity index (χ2n) is 4.02. The normalized spacial score (nSPS) is 11.1. The molecule has 0 bridgehead atoms. The van der Waals surface area contributed by atoms with E-state index < -0.39 is 10.0 Å². The first-order valence-electron chi connectivity index (χ1n) is 5.64. The fraction of sp³-hybridized carbons (Fsp3) is 0.0769. The maximum Gasteiger partial charge on any atom is 0.261 e. The minimum absolute atomic E-state index is 0.146. The molecule has 0 heterocycles. The van der Waals surface area contributed by atoms with E-state index >= 15 is 0 Å². The van der Waals surface area contributed by atoms with Gasteiger partial charge in [-0.2, -0.15) is 0 Å². The molecule has 106 valence electrons. The van der Waals surface area contributed by atoms with Crippen molar-refractivity contribution < 1.29 is 13.2 Å². The van der Waals surface area contributed by atoms with E-state index in [2.05, 4.69) is 20.7 Å². The van der Waals surface area contributed by atoms with Crippen molar-refractivity contribution in [1.29, 1.82) is 0 Å². The average Bonchev–Trinajstić information content (AvgIpc) is 2.43. The number of hydrogen-bond donors (Lipinski definition) is 2. The maximum atomic E-state index is 12.3. The van der Waals surface area contributed by atoms with Gasteiger partial charge in [-0.3, -0.25) is 4.72 Å². The largest absolute Gasteiger partial charge is 0.497 e. The Labute approximate surface area is 125 Å². The third kappa shape index (κ3) is 3.23. The number of anilines is 2. The number of nitrogens with one attached hydrogen (secondary N) is 1. The van der Waals surface area contributed by atoms with Crippen LogP contribution >= 0.6 is 15.9 Å². The summed E-state index contributed by atoms with van der Waals surface area (Å²) in [4.78, 5) is 0.146. The molecule has 0 aliphatic heterocycles. The lowest BCUT2D eigenvalue weighted by Crippen LogP contribution is -2.13. The van der Waals surface area contributed by atoms with Gasteiger partial charge in [0.25, 0.3) is 10.0 Å². The van der Waals surface area contributed by atoms with Crippen LogP contribution in [0.1, 0.15) is 0 Å². The molecule has 0 amide bonds. The van der Waals surface area contributed by atoms with E-state index in [9.17, 15) is 8.42 Å². The molecule has 0 saturated carbocycles. The van der Waals surface area contributed by atoms with E-state index in [0.29, 0.717) is 21.6 Å². The van der Waals surface area contributed by atoms with Gasteiger partial charge in [-0.15, -0.1) is 0 Å². The molecule has 0 spiro atoms. The third-order valence-electron chi connectivity index (χ3n) is 2.60. The minimum Gasteiger partial charge on any atom is -0.497 e. The Morgan fingerprint density at radius 3 is 2.40 bits per heavy atom. The molecule has 0 unspecified atom stereocenters. The SMILES string of the molecule is COc1ccc(S(=O)(=O)Nc2cc(N)ccc2Br)cc1. The summed E-state index contributed by atoms with van der Waals surface area (Å²) in [7, 11) is -2.15. The predicted octanol–water partition coefficient (Wildman–Crippen LogP) is 2.84. The van der Waals surface area contributed by atoms with Gasteiger partial charge < -0.3 is 10.5 Å². The van der Waals surface area contributed by atoms with Crippen LogP contribution in [0.25, 0.3) is 0 Å². The molecule has 0 radical (unpaired) electrons. The lowest BCUT2D eigenvalue weighted by atomic mass is 10.3. The highest BCUT2D eigenvalue weighted by atomic mass is 79.9. The number of rotatable bonds is 4. The zero-order valence-electron chi connectivity index (χ0n) is 10.6. The van der Waals surface area contributed by atoms with Gasteiger partial charge in [0, 0.05) is 10.2 Å². The van der Waals surface area contributed by atoms with E-state index in [-0.39, 0.29) is 4.90 Å². The quantitative estimate of drug-likeness (QED) is 0.825. The Morgan fingerprint density at radius 2 is 1.80 bits per heavy atom. The van der Waals surface area contributed by atoms with Crippen LogP contribution in [-0.4, -0.2) is 15.5 Å². The van der Waals surface area contributed by atoms with E-state index in [1.807, 2.05) is 0 Å². The first-order chi connectivity index (χ1) is 9.42. The van der Waals surface area contributed by atoms with Crippen molar-refractivity contribution in [2.24, 2.45) is 0 Å². The summed E-state index contributed by atoms with van der Waals surface area (Å²) in [5.74, 6) is 0.592. The number of methoxy groups -OCH3 is 1. The molecule has 0 fully saturated rings. The highest BCUT2D eigenvalue weighted by molar-refractivity contribution is 9.10. The molecule has 20 heavy (non-hydrogen) atoms. The Balaban J connectivity index is 2.32. The lowest BCUT2D eigenvalue weighted by Gasteiger charge is -2.10. The van der Waals surface area contributed by atoms with E-state index in [1.165, 1.54) is 19.2 Å². The molecule has 2 aromatic carbocycles. The van der Waals surface area contributed by atoms with Gasteiger partial charge in [-0.05, 0) is 58.4 Å². The molecule has 0 atom stereocenters. The Bertz CT molecular complexity index is 715. The third-order valence-corrected chi connectivity index (χ3v) is 4.68. The van der Waals surface area contributed by atoms with Gasteiger partial charge in [0.1, 0.15) is 5.75 Å². The summed E-state index contributed by atoms with van der Waals surface area (Å²) in [6.45, 7) is 0. The number of nitrogen functional groups attached to an aromatic ring is 1. The molecule has 0 aromatic heterocycles. The van der Waals surface area contributed by atoms with Crippen LogP contribution in [0.2, 0.25) is 0 Å². The molecular formula is C13H13BrN2O3S. The van der Waals surface area contributed by atoms with Crippen molar-refractivity contribution in [3.8, 4) is 5.75 Å². The standard InChI is InChI=1S/C13H13BrN2O3S/c1-19-10-3-5-11(6-4-10)20(17,18)16-13-8-9(15)2-7-12(13)14/h2-8,16H,15H2,1H3. The van der Waals surface area contributed by atoms with Crippen LogP contribution in [0, 0.1) is 0 Å². The van der Waals surface area contributed by atoms with Crippen LogP contribution < -0.4 is 15.2 Å². The monoisotopic (exact) mass is 356 g/mol. The molecule has 0 aliphatic rings. The second-order valence-corrected chi connectivity index (χ2v) is 6.56. The van der Waals surface area contributed by atoms with Gasteiger partial charge in [0.2, 0.25) is 0 Å². The summed E-state index contributed by atoms with van der Waals surface area (Å²) < 4.78 is 32.6. The first kappa shape index (κ1) is 14.7. The van der Waals surface area contributed by atoms with E-state index in [0.717, 1.165) is 0 Å². The van der Waals surface area contributed by atoms with Crippen LogP contribution in [0.4, 0.5) is 11.4 Å². The van der Waals surface area contributed by atoms with E-state index in [1.54, 1.807) is 30.3 Å². The van der Waals surface area contributed by atoms with Crippen molar-refractivity contribution in [2.45, 2.75) is 4.90 Å². The highest BCUT2D eigenvalue weighted by Crippen LogP contribution is 2.27. The minimum atomic E-state index is -3.67. The molecule has 2 rings (SSSR count). The topological polar surface area (TPSA) is 81.4 Å². The number of hydrogen-bond acceptors (Lipinski definition) is 4. The van der Waals surface area contributed by atoms with E-state index in [4.69, 9.17) is 10.5 Å². The number of halogens is 1. The van der Waals surface area contributed by atoms with Crippen molar-refractivity contribution in [3.63, 3.8) is 0 Å². The molecule has 0 aliphatic carbocycles. The molecule has 5 nitrogen and oxygen atoms in total. The van der Waals surface area contributed by atoms with Crippen molar-refractivity contribution in [1.82, 2.24) is 0 Å². The summed E-state index contributed by atoms with van der Waals surface area (Å²) >= 11 is 3.28. The predicted molar refractivity (Wildman–Crippen MR) is 82.4 cm³/mol. The number of nitrogens with two attached hydrogens (primary N) is 1. The van der Waals surface area contributed by atoms with Gasteiger partial charge in [-0.25, -0.2) is 8.42 Å². The maximum absolute atomic E-state index is 12.3. The van der Waals surface area contributed by atoms with Gasteiger partial charge in [-0.1, -0.05) is 0 Å². The molecule has 0 saturated heterocycles. The Kier molecular flexibility index (Phi) is 4.20. The van der Waals surface area contributed by atoms with Crippen LogP contribution in [0.15, 0.2) is 51.8 Å². The molecular weight excluding hydrogens is 344 g/mol. The molecule has 7 heteroatoms. The van der Waals surface area contributed by atoms with Gasteiger partial charge in [0.05, 0.1) is 17.7 Å². The van der Waals surface area contributed by atoms with Crippen molar-refractivity contribution in [3.05, 3.63) is 46.9 Å². The van der Waals surface area contributed by atoms with Gasteiger partial charge >= 0.3 is 0 Å². The molecule has 2 aromatic rings. The number of ether oxygens (including phenoxy) is 1. The fourth-order valence-electron chi connectivity index (χ4n) is 1.58. The Morgan fingerprint density at radius 1 is 1.15 bits per heavy atom. The average molecular weight is 357 g/mol. The lowest BCUT2D eigenvalue weighted by molar-refractivity contribution is 0.414. The zero-order valence-corrected chi connectivity index (χ0v) is 13.0. The number of sulfonamides is 1. The summed E-state index contributed by atoms with van der Waals surface area (Å²) in [5.41, 5.74) is 6.51. The Hall–Kier alpha value is -1.73. The fourth-order valence-corrected chi connectivity index (χ4v) is 3.13. The van der Waals surface area contributed by atoms with Crippen molar-refractivity contribution >= 4 is 37.3 Å². The summed E-state index contributed by atoms with van der Waals surface area (Å²) in [6.07, 6.45) is 0. The summed E-state index contributed by atoms with van der Waals surface area (Å²) in [6, 6.07) is 11.0. The number of benzene rings is 2.